The second-order valence-electron chi connectivity index (χ2n) is 3.67. The Labute approximate surface area is 81.0 Å². The van der Waals surface area contributed by atoms with Crippen LogP contribution in [0.25, 0.3) is 0 Å². The smallest absolute Gasteiger partial charge is 0.149 e. The lowest BCUT2D eigenvalue weighted by molar-refractivity contribution is 0.465. The number of phenols is 1. The monoisotopic (exact) mass is 175 g/mol. The van der Waals surface area contributed by atoms with Crippen LogP contribution in [-0.2, 0) is 0 Å². The predicted molar refractivity (Wildman–Crippen MR) is 58.2 cm³/mol. The van der Waals surface area contributed by atoms with Gasteiger partial charge in [0, 0.05) is 0 Å². The molecule has 0 aliphatic heterocycles. The highest BCUT2D eigenvalue weighted by Crippen LogP contribution is 2.23. The fourth-order valence-electron chi connectivity index (χ4n) is 1.72. The maximum absolute atomic E-state index is 9.70. The zero-order valence-corrected chi connectivity index (χ0v) is 8.76. The molecule has 13 heavy (non-hydrogen) atoms. The van der Waals surface area contributed by atoms with E-state index >= 15 is 0 Å². The Morgan fingerprint density at radius 3 is 2.31 bits per heavy atom. The summed E-state index contributed by atoms with van der Waals surface area (Å²) in [6.07, 6.45) is 0. The van der Waals surface area contributed by atoms with Gasteiger partial charge in [0.1, 0.15) is 13.0 Å². The Kier molecular flexibility index (Phi) is 3.02. The van der Waals surface area contributed by atoms with Gasteiger partial charge in [-0.25, -0.2) is 0 Å². The van der Waals surface area contributed by atoms with Crippen LogP contribution < -0.4 is 5.46 Å². The minimum absolute atomic E-state index is 0.367. The van der Waals surface area contributed by atoms with Gasteiger partial charge < -0.3 is 5.11 Å². The van der Waals surface area contributed by atoms with Crippen molar-refractivity contribution < 1.29 is 5.11 Å². The maximum atomic E-state index is 9.70. The topological polar surface area (TPSA) is 20.2 Å². The molecular formula is C11H16BO. The molecule has 1 aromatic carbocycles. The van der Waals surface area contributed by atoms with Crippen molar-refractivity contribution in [3.63, 3.8) is 0 Å². The number of hydrogen-bond acceptors (Lipinski definition) is 1. The van der Waals surface area contributed by atoms with Crippen LogP contribution >= 0.6 is 0 Å². The van der Waals surface area contributed by atoms with E-state index in [0.717, 1.165) is 5.56 Å². The molecule has 0 atom stereocenters. The molecule has 0 unspecified atom stereocenters. The van der Waals surface area contributed by atoms with Crippen LogP contribution in [0.5, 0.6) is 5.75 Å². The van der Waals surface area contributed by atoms with Gasteiger partial charge in [0.15, 0.2) is 0 Å². The van der Waals surface area contributed by atoms with Crippen LogP contribution in [0.15, 0.2) is 12.1 Å². The van der Waals surface area contributed by atoms with E-state index in [9.17, 15) is 5.11 Å². The summed E-state index contributed by atoms with van der Waals surface area (Å²) >= 11 is 0. The minimum atomic E-state index is 0.367. The lowest BCUT2D eigenvalue weighted by Gasteiger charge is -2.15. The molecule has 0 aliphatic carbocycles. The molecule has 0 saturated heterocycles. The van der Waals surface area contributed by atoms with Crippen molar-refractivity contribution in [1.29, 1.82) is 0 Å². The first kappa shape index (κ1) is 10.2. The van der Waals surface area contributed by atoms with Gasteiger partial charge in [0.2, 0.25) is 0 Å². The molecule has 0 aliphatic rings. The third-order valence-corrected chi connectivity index (χ3v) is 2.35. The largest absolute Gasteiger partial charge is 0.508 e. The van der Waals surface area contributed by atoms with Gasteiger partial charge >= 0.3 is 0 Å². The molecule has 69 valence electrons. The Bertz CT molecular complexity index is 305. The van der Waals surface area contributed by atoms with Crippen molar-refractivity contribution in [2.45, 2.75) is 33.5 Å². The zero-order valence-electron chi connectivity index (χ0n) is 8.76. The lowest BCUT2D eigenvalue weighted by Crippen LogP contribution is -2.21. The fraction of sp³-hybridized carbons (Fsp3) is 0.455. The minimum Gasteiger partial charge on any atom is -0.508 e. The molecule has 2 heteroatoms. The molecule has 0 saturated carbocycles. The number of hydrogen-bond donors (Lipinski definition) is 1. The average molecular weight is 175 g/mol. The molecular weight excluding hydrogens is 159 g/mol. The Morgan fingerprint density at radius 2 is 1.92 bits per heavy atom. The highest BCUT2D eigenvalue weighted by atomic mass is 16.3. The van der Waals surface area contributed by atoms with E-state index in [2.05, 4.69) is 28.1 Å². The van der Waals surface area contributed by atoms with Crippen LogP contribution in [0, 0.1) is 6.92 Å². The van der Waals surface area contributed by atoms with Gasteiger partial charge in [-0.1, -0.05) is 37.8 Å². The Morgan fingerprint density at radius 1 is 1.31 bits per heavy atom. The van der Waals surface area contributed by atoms with E-state index in [1.54, 1.807) is 6.07 Å². The fourth-order valence-corrected chi connectivity index (χ4v) is 1.72. The van der Waals surface area contributed by atoms with Crippen molar-refractivity contribution in [1.82, 2.24) is 0 Å². The van der Waals surface area contributed by atoms with E-state index in [0.29, 0.717) is 11.7 Å². The number of aromatic hydroxyl groups is 1. The first-order valence-corrected chi connectivity index (χ1v) is 4.69. The van der Waals surface area contributed by atoms with Crippen molar-refractivity contribution >= 4 is 12.7 Å². The summed E-state index contributed by atoms with van der Waals surface area (Å²) < 4.78 is 0. The number of rotatable bonds is 2. The SMILES string of the molecule is C[B]c1c(C)ccc(O)c1C(C)C. The third kappa shape index (κ3) is 1.88. The highest BCUT2D eigenvalue weighted by Gasteiger charge is 2.12. The number of aryl methyl sites for hydroxylation is 1. The van der Waals surface area contributed by atoms with Crippen LogP contribution in [0.4, 0.5) is 0 Å². The van der Waals surface area contributed by atoms with Gasteiger partial charge in [-0.15, -0.1) is 0 Å². The van der Waals surface area contributed by atoms with Gasteiger partial charge in [-0.05, 0) is 24.5 Å². The van der Waals surface area contributed by atoms with Crippen molar-refractivity contribution in [2.75, 3.05) is 0 Å². The summed E-state index contributed by atoms with van der Waals surface area (Å²) in [5.74, 6) is 0.778. The van der Waals surface area contributed by atoms with E-state index in [-0.39, 0.29) is 0 Å². The molecule has 0 aromatic heterocycles. The summed E-state index contributed by atoms with van der Waals surface area (Å²) in [6.45, 7) is 8.28. The van der Waals surface area contributed by atoms with Crippen LogP contribution in [0.2, 0.25) is 6.82 Å². The summed E-state index contributed by atoms with van der Waals surface area (Å²) in [5, 5.41) is 9.70. The average Bonchev–Trinajstić information content (AvgIpc) is 2.07. The van der Waals surface area contributed by atoms with Crippen molar-refractivity contribution in [3.8, 4) is 5.75 Å². The normalized spacial score (nSPS) is 10.5. The van der Waals surface area contributed by atoms with E-state index in [1.165, 1.54) is 11.0 Å². The van der Waals surface area contributed by atoms with Crippen molar-refractivity contribution in [3.05, 3.63) is 23.3 Å². The number of phenolic OH excluding ortho intramolecular Hbond substituents is 1. The quantitative estimate of drug-likeness (QED) is 0.683. The van der Waals surface area contributed by atoms with Gasteiger partial charge in [-0.2, -0.15) is 0 Å². The molecule has 1 rings (SSSR count). The zero-order chi connectivity index (χ0) is 10.0. The van der Waals surface area contributed by atoms with Gasteiger partial charge in [-0.3, -0.25) is 0 Å². The maximum Gasteiger partial charge on any atom is 0.149 e. The predicted octanol–water partition coefficient (Wildman–Crippen LogP) is 2.20. The summed E-state index contributed by atoms with van der Waals surface area (Å²) in [7, 11) is 2.06. The van der Waals surface area contributed by atoms with Crippen LogP contribution in [0.3, 0.4) is 0 Å². The lowest BCUT2D eigenvalue weighted by atomic mass is 9.67. The third-order valence-electron chi connectivity index (χ3n) is 2.35. The van der Waals surface area contributed by atoms with Gasteiger partial charge in [0.05, 0.1) is 0 Å². The Balaban J connectivity index is 3.35. The molecule has 0 amide bonds. The summed E-state index contributed by atoms with van der Waals surface area (Å²) in [4.78, 5) is 0. The summed E-state index contributed by atoms with van der Waals surface area (Å²) in [6, 6.07) is 3.73. The second kappa shape index (κ2) is 3.86. The summed E-state index contributed by atoms with van der Waals surface area (Å²) in [5.41, 5.74) is 3.46. The van der Waals surface area contributed by atoms with Crippen molar-refractivity contribution in [2.24, 2.45) is 0 Å². The number of benzene rings is 1. The molecule has 1 aromatic rings. The van der Waals surface area contributed by atoms with Crippen LogP contribution in [0.1, 0.15) is 30.9 Å². The molecule has 1 radical (unpaired) electrons. The van der Waals surface area contributed by atoms with Gasteiger partial charge in [0.25, 0.3) is 0 Å². The van der Waals surface area contributed by atoms with E-state index in [1.807, 2.05) is 12.9 Å². The van der Waals surface area contributed by atoms with E-state index in [4.69, 9.17) is 0 Å². The van der Waals surface area contributed by atoms with E-state index < -0.39 is 0 Å². The second-order valence-corrected chi connectivity index (χ2v) is 3.67. The first-order valence-electron chi connectivity index (χ1n) is 4.69. The molecule has 0 spiro atoms. The molecule has 1 N–H and O–H groups in total. The molecule has 0 fully saturated rings. The molecule has 0 bridgehead atoms. The molecule has 1 nitrogen and oxygen atoms in total. The molecule has 0 heterocycles. The highest BCUT2D eigenvalue weighted by molar-refractivity contribution is 6.53. The van der Waals surface area contributed by atoms with Crippen LogP contribution in [-0.4, -0.2) is 12.4 Å². The standard InChI is InChI=1S/C11H16BO/c1-7(2)10-9(13)6-5-8(3)11(10)12-4/h5-7,13H,1-4H3. The Hall–Kier alpha value is -0.915. The first-order chi connectivity index (χ1) is 6.07.